The van der Waals surface area contributed by atoms with E-state index in [0.717, 1.165) is 5.56 Å². The normalized spacial score (nSPS) is 10.9. The predicted octanol–water partition coefficient (Wildman–Crippen LogP) is 5.99. The maximum Gasteiger partial charge on any atom is 0.278 e. The topological polar surface area (TPSA) is 104 Å². The monoisotopic (exact) mass is 489 g/mol. The molecule has 0 aliphatic rings. The standard InChI is InChI=1S/C26H20ClN3O5/c1-34-25-15-17(9-11-18-12-13-19-21(28-18)7-4-8-23(19)30(32)33)10-14-24(25)35-16-26(31)29-22-6-3-2-5-20(22)27/h2-15H,16H2,1H3,(H,29,31)/b11-9+. The number of carbonyl (C=O) groups excluding carboxylic acids is 1. The molecule has 176 valence electrons. The van der Waals surface area contributed by atoms with Gasteiger partial charge in [0.25, 0.3) is 11.6 Å². The van der Waals surface area contributed by atoms with Gasteiger partial charge >= 0.3 is 0 Å². The third-order valence-electron chi connectivity index (χ3n) is 5.07. The van der Waals surface area contributed by atoms with E-state index in [-0.39, 0.29) is 18.2 Å². The predicted molar refractivity (Wildman–Crippen MR) is 136 cm³/mol. The number of non-ortho nitro benzene ring substituents is 1. The first kappa shape index (κ1) is 23.7. The van der Waals surface area contributed by atoms with Gasteiger partial charge in [-0.2, -0.15) is 0 Å². The molecule has 0 fully saturated rings. The van der Waals surface area contributed by atoms with E-state index in [9.17, 15) is 14.9 Å². The number of para-hydroxylation sites is 1. The number of anilines is 1. The number of aromatic nitrogens is 1. The van der Waals surface area contributed by atoms with Gasteiger partial charge in [-0.05, 0) is 54.1 Å². The molecule has 4 rings (SSSR count). The number of nitrogens with one attached hydrogen (secondary N) is 1. The quantitative estimate of drug-likeness (QED) is 0.241. The summed E-state index contributed by atoms with van der Waals surface area (Å²) in [6.45, 7) is -0.218. The van der Waals surface area contributed by atoms with Gasteiger partial charge in [-0.25, -0.2) is 4.98 Å². The van der Waals surface area contributed by atoms with Crippen LogP contribution < -0.4 is 14.8 Å². The van der Waals surface area contributed by atoms with Crippen LogP contribution in [0.3, 0.4) is 0 Å². The molecule has 3 aromatic carbocycles. The van der Waals surface area contributed by atoms with E-state index in [4.69, 9.17) is 21.1 Å². The summed E-state index contributed by atoms with van der Waals surface area (Å²) in [5, 5.41) is 14.8. The van der Waals surface area contributed by atoms with Crippen molar-refractivity contribution >= 4 is 51.9 Å². The second-order valence-corrected chi connectivity index (χ2v) is 7.80. The minimum absolute atomic E-state index is 0.0198. The summed E-state index contributed by atoms with van der Waals surface area (Å²) in [6.07, 6.45) is 3.63. The molecule has 0 aliphatic carbocycles. The zero-order chi connectivity index (χ0) is 24.8. The van der Waals surface area contributed by atoms with Crippen LogP contribution in [0.5, 0.6) is 11.5 Å². The molecule has 0 bridgehead atoms. The third kappa shape index (κ3) is 5.74. The van der Waals surface area contributed by atoms with Crippen molar-refractivity contribution in [3.05, 3.63) is 99.2 Å². The number of benzene rings is 3. The Morgan fingerprint density at radius 1 is 1.06 bits per heavy atom. The van der Waals surface area contributed by atoms with Crippen LogP contribution in [0.4, 0.5) is 11.4 Å². The maximum absolute atomic E-state index is 12.2. The van der Waals surface area contributed by atoms with Crippen LogP contribution in [0.2, 0.25) is 5.02 Å². The van der Waals surface area contributed by atoms with Crippen molar-refractivity contribution in [3.63, 3.8) is 0 Å². The second-order valence-electron chi connectivity index (χ2n) is 7.40. The van der Waals surface area contributed by atoms with Crippen LogP contribution in [0.25, 0.3) is 23.1 Å². The van der Waals surface area contributed by atoms with Crippen LogP contribution in [0.1, 0.15) is 11.3 Å². The van der Waals surface area contributed by atoms with Crippen molar-refractivity contribution in [2.24, 2.45) is 0 Å². The Kier molecular flexibility index (Phi) is 7.23. The van der Waals surface area contributed by atoms with Crippen LogP contribution in [0, 0.1) is 10.1 Å². The molecular weight excluding hydrogens is 470 g/mol. The van der Waals surface area contributed by atoms with Gasteiger partial charge in [0, 0.05) is 6.07 Å². The molecule has 0 unspecified atom stereocenters. The lowest BCUT2D eigenvalue weighted by Crippen LogP contribution is -2.20. The highest BCUT2D eigenvalue weighted by Gasteiger charge is 2.12. The molecule has 35 heavy (non-hydrogen) atoms. The molecule has 4 aromatic rings. The Hall–Kier alpha value is -4.43. The highest BCUT2D eigenvalue weighted by atomic mass is 35.5. The van der Waals surface area contributed by atoms with Crippen molar-refractivity contribution in [2.75, 3.05) is 19.0 Å². The molecule has 0 atom stereocenters. The molecule has 1 heterocycles. The van der Waals surface area contributed by atoms with E-state index in [0.29, 0.717) is 38.8 Å². The Labute approximate surface area is 205 Å². The molecule has 1 amide bonds. The lowest BCUT2D eigenvalue weighted by molar-refractivity contribution is -0.383. The van der Waals surface area contributed by atoms with Crippen molar-refractivity contribution in [1.82, 2.24) is 4.98 Å². The number of rotatable bonds is 8. The number of fused-ring (bicyclic) bond motifs is 1. The van der Waals surface area contributed by atoms with E-state index in [1.54, 1.807) is 66.7 Å². The molecular formula is C26H20ClN3O5. The molecule has 1 N–H and O–H groups in total. The lowest BCUT2D eigenvalue weighted by Gasteiger charge is -2.12. The lowest BCUT2D eigenvalue weighted by atomic mass is 10.1. The van der Waals surface area contributed by atoms with E-state index in [2.05, 4.69) is 10.3 Å². The second kappa shape index (κ2) is 10.7. The molecule has 8 nitrogen and oxygen atoms in total. The van der Waals surface area contributed by atoms with Gasteiger partial charge < -0.3 is 14.8 Å². The van der Waals surface area contributed by atoms with Crippen molar-refractivity contribution < 1.29 is 19.2 Å². The minimum Gasteiger partial charge on any atom is -0.493 e. The molecule has 0 aliphatic heterocycles. The van der Waals surface area contributed by atoms with Crippen LogP contribution in [-0.2, 0) is 4.79 Å². The van der Waals surface area contributed by atoms with Gasteiger partial charge in [0.2, 0.25) is 0 Å². The molecule has 0 spiro atoms. The first-order chi connectivity index (χ1) is 16.9. The number of amides is 1. The molecule has 0 saturated heterocycles. The number of ether oxygens (including phenoxy) is 2. The van der Waals surface area contributed by atoms with Crippen LogP contribution in [-0.4, -0.2) is 29.5 Å². The third-order valence-corrected chi connectivity index (χ3v) is 5.40. The average Bonchev–Trinajstić information content (AvgIpc) is 2.87. The number of nitro benzene ring substituents is 1. The fraction of sp³-hybridized carbons (Fsp3) is 0.0769. The van der Waals surface area contributed by atoms with E-state index >= 15 is 0 Å². The largest absolute Gasteiger partial charge is 0.493 e. The first-order valence-electron chi connectivity index (χ1n) is 10.5. The van der Waals surface area contributed by atoms with Gasteiger partial charge in [-0.15, -0.1) is 0 Å². The van der Waals surface area contributed by atoms with Crippen molar-refractivity contribution in [1.29, 1.82) is 0 Å². The number of pyridine rings is 1. The summed E-state index contributed by atoms with van der Waals surface area (Å²) in [5.74, 6) is 0.515. The summed E-state index contributed by atoms with van der Waals surface area (Å²) in [5.41, 5.74) is 2.53. The van der Waals surface area contributed by atoms with Gasteiger partial charge in [-0.3, -0.25) is 14.9 Å². The number of methoxy groups -OCH3 is 1. The highest BCUT2D eigenvalue weighted by Crippen LogP contribution is 2.29. The van der Waals surface area contributed by atoms with Crippen LogP contribution >= 0.6 is 11.6 Å². The highest BCUT2D eigenvalue weighted by molar-refractivity contribution is 6.33. The summed E-state index contributed by atoms with van der Waals surface area (Å²) in [7, 11) is 1.51. The molecule has 0 saturated carbocycles. The fourth-order valence-corrected chi connectivity index (χ4v) is 3.57. The summed E-state index contributed by atoms with van der Waals surface area (Å²) < 4.78 is 11.0. The summed E-state index contributed by atoms with van der Waals surface area (Å²) in [6, 6.07) is 20.4. The zero-order valence-corrected chi connectivity index (χ0v) is 19.4. The Morgan fingerprint density at radius 2 is 1.89 bits per heavy atom. The van der Waals surface area contributed by atoms with Gasteiger partial charge in [0.1, 0.15) is 0 Å². The zero-order valence-electron chi connectivity index (χ0n) is 18.6. The van der Waals surface area contributed by atoms with Gasteiger partial charge in [0.05, 0.1) is 39.3 Å². The van der Waals surface area contributed by atoms with Crippen molar-refractivity contribution in [3.8, 4) is 11.5 Å². The average molecular weight is 490 g/mol. The summed E-state index contributed by atoms with van der Waals surface area (Å²) >= 11 is 6.06. The Bertz CT molecular complexity index is 1440. The fourth-order valence-electron chi connectivity index (χ4n) is 3.39. The van der Waals surface area contributed by atoms with Gasteiger partial charge in [-0.1, -0.05) is 41.9 Å². The Morgan fingerprint density at radius 3 is 2.66 bits per heavy atom. The SMILES string of the molecule is COc1cc(/C=C/c2ccc3c([N+](=O)[O-])cccc3n2)ccc1OCC(=O)Nc1ccccc1Cl. The number of nitrogens with zero attached hydrogens (tertiary/aromatic N) is 2. The van der Waals surface area contributed by atoms with E-state index in [1.165, 1.54) is 13.2 Å². The number of hydrogen-bond acceptors (Lipinski definition) is 6. The smallest absolute Gasteiger partial charge is 0.278 e. The number of nitro groups is 1. The van der Waals surface area contributed by atoms with Gasteiger partial charge in [0.15, 0.2) is 18.1 Å². The van der Waals surface area contributed by atoms with Crippen molar-refractivity contribution in [2.45, 2.75) is 0 Å². The summed E-state index contributed by atoms with van der Waals surface area (Å²) in [4.78, 5) is 27.5. The first-order valence-corrected chi connectivity index (χ1v) is 10.9. The number of carbonyl (C=O) groups is 1. The number of halogens is 1. The number of hydrogen-bond donors (Lipinski definition) is 1. The van der Waals surface area contributed by atoms with E-state index < -0.39 is 4.92 Å². The minimum atomic E-state index is -0.421. The molecule has 0 radical (unpaired) electrons. The molecule has 9 heteroatoms. The van der Waals surface area contributed by atoms with E-state index in [1.807, 2.05) is 12.1 Å². The van der Waals surface area contributed by atoms with Crippen LogP contribution in [0.15, 0.2) is 72.8 Å². The Balaban J connectivity index is 1.45. The maximum atomic E-state index is 12.2. The molecule has 1 aromatic heterocycles.